The van der Waals surface area contributed by atoms with Crippen LogP contribution in [0, 0.1) is 12.7 Å². The standard InChI is InChI=1S/C18H17FN6O.ClH/c1-12-16(11-22-23-18(20)21)17(26-15-9-7-13(19)8-10-15)25(24-12)14-5-3-2-4-6-14;/h2-11H,1H3,(H4,20,21,23);1H. The van der Waals surface area contributed by atoms with Crippen LogP contribution in [0.5, 0.6) is 11.6 Å². The van der Waals surface area contributed by atoms with Crippen LogP contribution in [0.25, 0.3) is 5.69 Å². The average Bonchev–Trinajstić information content (AvgIpc) is 2.93. The number of halogens is 2. The molecule has 7 nitrogen and oxygen atoms in total. The summed E-state index contributed by atoms with van der Waals surface area (Å²) in [5, 5.41) is 12.0. The highest BCUT2D eigenvalue weighted by atomic mass is 35.5. The Morgan fingerprint density at radius 3 is 2.41 bits per heavy atom. The van der Waals surface area contributed by atoms with Crippen molar-refractivity contribution in [1.82, 2.24) is 9.78 Å². The Morgan fingerprint density at radius 2 is 1.78 bits per heavy atom. The number of ether oxygens (including phenoxy) is 1. The van der Waals surface area contributed by atoms with Gasteiger partial charge in [-0.2, -0.15) is 14.9 Å². The molecule has 4 N–H and O–H groups in total. The molecule has 0 saturated heterocycles. The van der Waals surface area contributed by atoms with Gasteiger partial charge in [-0.1, -0.05) is 18.2 Å². The van der Waals surface area contributed by atoms with E-state index in [0.717, 1.165) is 5.69 Å². The predicted octanol–water partition coefficient (Wildman–Crippen LogP) is 3.14. The van der Waals surface area contributed by atoms with E-state index in [0.29, 0.717) is 22.9 Å². The third-order valence-electron chi connectivity index (χ3n) is 3.45. The van der Waals surface area contributed by atoms with Crippen molar-refractivity contribution < 1.29 is 9.13 Å². The Labute approximate surface area is 161 Å². The minimum Gasteiger partial charge on any atom is -0.438 e. The first-order chi connectivity index (χ1) is 12.5. The lowest BCUT2D eigenvalue weighted by atomic mass is 10.2. The van der Waals surface area contributed by atoms with Gasteiger partial charge in [0.2, 0.25) is 11.8 Å². The number of para-hydroxylation sites is 1. The summed E-state index contributed by atoms with van der Waals surface area (Å²) >= 11 is 0. The van der Waals surface area contributed by atoms with Gasteiger partial charge in [0.1, 0.15) is 11.6 Å². The number of hydrogen-bond donors (Lipinski definition) is 2. The molecule has 0 aliphatic heterocycles. The fourth-order valence-electron chi connectivity index (χ4n) is 2.28. The first-order valence-electron chi connectivity index (χ1n) is 7.75. The normalized spacial score (nSPS) is 10.4. The summed E-state index contributed by atoms with van der Waals surface area (Å²) in [4.78, 5) is 0. The molecule has 3 rings (SSSR count). The van der Waals surface area contributed by atoms with Gasteiger partial charge in [-0.15, -0.1) is 17.5 Å². The molecule has 140 valence electrons. The van der Waals surface area contributed by atoms with E-state index in [1.807, 2.05) is 37.3 Å². The Bertz CT molecular complexity index is 950. The zero-order valence-electron chi connectivity index (χ0n) is 14.4. The third-order valence-corrected chi connectivity index (χ3v) is 3.45. The maximum absolute atomic E-state index is 13.2. The molecule has 0 spiro atoms. The Morgan fingerprint density at radius 1 is 1.11 bits per heavy atom. The van der Waals surface area contributed by atoms with E-state index >= 15 is 0 Å². The van der Waals surface area contributed by atoms with Gasteiger partial charge in [0.25, 0.3) is 0 Å². The molecule has 3 aromatic rings. The molecule has 0 radical (unpaired) electrons. The van der Waals surface area contributed by atoms with E-state index in [1.54, 1.807) is 4.68 Å². The van der Waals surface area contributed by atoms with Crippen LogP contribution in [0.1, 0.15) is 11.3 Å². The highest BCUT2D eigenvalue weighted by Crippen LogP contribution is 2.29. The highest BCUT2D eigenvalue weighted by molar-refractivity contribution is 5.86. The van der Waals surface area contributed by atoms with Crippen molar-refractivity contribution in [3.05, 3.63) is 71.7 Å². The van der Waals surface area contributed by atoms with Crippen molar-refractivity contribution in [1.29, 1.82) is 0 Å². The summed E-state index contributed by atoms with van der Waals surface area (Å²) in [6.45, 7) is 1.81. The molecule has 0 unspecified atom stereocenters. The minimum absolute atomic E-state index is 0. The van der Waals surface area contributed by atoms with Gasteiger partial charge in [0.05, 0.1) is 23.2 Å². The van der Waals surface area contributed by atoms with Crippen LogP contribution in [0.4, 0.5) is 4.39 Å². The van der Waals surface area contributed by atoms with Crippen LogP contribution in [0.2, 0.25) is 0 Å². The molecule has 0 aliphatic carbocycles. The summed E-state index contributed by atoms with van der Waals surface area (Å²) in [5.74, 6) is 0.366. The van der Waals surface area contributed by atoms with Crippen molar-refractivity contribution >= 4 is 24.6 Å². The second-order valence-electron chi connectivity index (χ2n) is 5.38. The van der Waals surface area contributed by atoms with E-state index in [2.05, 4.69) is 15.3 Å². The fourth-order valence-corrected chi connectivity index (χ4v) is 2.28. The summed E-state index contributed by atoms with van der Waals surface area (Å²) < 4.78 is 20.8. The van der Waals surface area contributed by atoms with Crippen molar-refractivity contribution in [3.8, 4) is 17.3 Å². The number of rotatable bonds is 5. The largest absolute Gasteiger partial charge is 0.438 e. The Kier molecular flexibility index (Phi) is 6.51. The second kappa shape index (κ2) is 8.81. The van der Waals surface area contributed by atoms with Crippen molar-refractivity contribution in [2.24, 2.45) is 21.7 Å². The molecule has 9 heteroatoms. The molecule has 2 aromatic carbocycles. The average molecular weight is 389 g/mol. The SMILES string of the molecule is Cc1nn(-c2ccccc2)c(Oc2ccc(F)cc2)c1C=NN=C(N)N.Cl. The monoisotopic (exact) mass is 388 g/mol. The third kappa shape index (κ3) is 4.83. The van der Waals surface area contributed by atoms with Crippen LogP contribution in [0.3, 0.4) is 0 Å². The molecular weight excluding hydrogens is 371 g/mol. The minimum atomic E-state index is -0.348. The second-order valence-corrected chi connectivity index (χ2v) is 5.38. The first kappa shape index (κ1) is 19.9. The first-order valence-corrected chi connectivity index (χ1v) is 7.75. The maximum atomic E-state index is 13.2. The smallest absolute Gasteiger partial charge is 0.231 e. The molecule has 1 heterocycles. The molecular formula is C18H18ClFN6O. The van der Waals surface area contributed by atoms with Crippen molar-refractivity contribution in [2.45, 2.75) is 6.92 Å². The summed E-state index contributed by atoms with van der Waals surface area (Å²) in [7, 11) is 0. The van der Waals surface area contributed by atoms with E-state index in [9.17, 15) is 4.39 Å². The van der Waals surface area contributed by atoms with Gasteiger partial charge in [0, 0.05) is 0 Å². The van der Waals surface area contributed by atoms with Gasteiger partial charge in [0.15, 0.2) is 0 Å². The number of aromatic nitrogens is 2. The number of nitrogens with zero attached hydrogens (tertiary/aromatic N) is 4. The van der Waals surface area contributed by atoms with Crippen LogP contribution >= 0.6 is 12.4 Å². The van der Waals surface area contributed by atoms with E-state index < -0.39 is 0 Å². The molecule has 0 amide bonds. The predicted molar refractivity (Wildman–Crippen MR) is 105 cm³/mol. The molecule has 0 saturated carbocycles. The lowest BCUT2D eigenvalue weighted by molar-refractivity contribution is 0.442. The number of hydrogen-bond acceptors (Lipinski definition) is 4. The summed E-state index contributed by atoms with van der Waals surface area (Å²) in [6.07, 6.45) is 1.46. The van der Waals surface area contributed by atoms with Gasteiger partial charge in [-0.25, -0.2) is 4.39 Å². The van der Waals surface area contributed by atoms with Gasteiger partial charge in [-0.3, -0.25) is 0 Å². The van der Waals surface area contributed by atoms with Crippen molar-refractivity contribution in [2.75, 3.05) is 0 Å². The Balaban J connectivity index is 0.00000261. The van der Waals surface area contributed by atoms with Gasteiger partial charge in [-0.05, 0) is 43.3 Å². The van der Waals surface area contributed by atoms with Crippen LogP contribution in [-0.4, -0.2) is 22.0 Å². The zero-order chi connectivity index (χ0) is 18.5. The topological polar surface area (TPSA) is 104 Å². The highest BCUT2D eigenvalue weighted by Gasteiger charge is 2.17. The van der Waals surface area contributed by atoms with E-state index in [1.165, 1.54) is 30.5 Å². The molecule has 0 aliphatic rings. The lowest BCUT2D eigenvalue weighted by Gasteiger charge is -2.10. The Hall–Kier alpha value is -3.39. The lowest BCUT2D eigenvalue weighted by Crippen LogP contribution is -2.21. The van der Waals surface area contributed by atoms with Gasteiger partial charge < -0.3 is 16.2 Å². The van der Waals surface area contributed by atoms with Crippen LogP contribution in [0.15, 0.2) is 64.8 Å². The fraction of sp³-hybridized carbons (Fsp3) is 0.0556. The van der Waals surface area contributed by atoms with Gasteiger partial charge >= 0.3 is 0 Å². The van der Waals surface area contributed by atoms with Crippen LogP contribution < -0.4 is 16.2 Å². The van der Waals surface area contributed by atoms with E-state index in [-0.39, 0.29) is 24.2 Å². The number of nitrogens with two attached hydrogens (primary N) is 2. The van der Waals surface area contributed by atoms with Crippen molar-refractivity contribution in [3.63, 3.8) is 0 Å². The van der Waals surface area contributed by atoms with E-state index in [4.69, 9.17) is 16.2 Å². The molecule has 1 aromatic heterocycles. The molecule has 0 atom stereocenters. The quantitative estimate of drug-likeness (QED) is 0.398. The number of guanidine groups is 1. The number of aryl methyl sites for hydroxylation is 1. The molecule has 0 fully saturated rings. The molecule has 27 heavy (non-hydrogen) atoms. The molecule has 0 bridgehead atoms. The maximum Gasteiger partial charge on any atom is 0.231 e. The summed E-state index contributed by atoms with van der Waals surface area (Å²) in [6, 6.07) is 15.2. The number of benzene rings is 2. The summed E-state index contributed by atoms with van der Waals surface area (Å²) in [5.41, 5.74) is 12.7. The zero-order valence-corrected chi connectivity index (χ0v) is 15.2. The van der Waals surface area contributed by atoms with Crippen LogP contribution in [-0.2, 0) is 0 Å².